The largest absolute Gasteiger partial charge is 0.479 e. The Morgan fingerprint density at radius 3 is 2.75 bits per heavy atom. The first-order chi connectivity index (χ1) is 5.79. The Labute approximate surface area is 72.7 Å². The number of aryl methyl sites for hydroxylation is 1. The predicted octanol–water partition coefficient (Wildman–Crippen LogP) is 2.33. The summed E-state index contributed by atoms with van der Waals surface area (Å²) in [4.78, 5) is 0. The maximum absolute atomic E-state index is 5.11. The summed E-state index contributed by atoms with van der Waals surface area (Å²) in [6.07, 6.45) is 3.26. The summed E-state index contributed by atoms with van der Waals surface area (Å²) < 4.78 is 10.1. The first kappa shape index (κ1) is 9.10. The molecule has 1 aromatic rings. The fraction of sp³-hybridized carbons (Fsp3) is 0.667. The van der Waals surface area contributed by atoms with Crippen molar-refractivity contribution in [3.63, 3.8) is 0 Å². The Bertz CT molecular complexity index is 243. The monoisotopic (exact) mass is 169 g/mol. The van der Waals surface area contributed by atoms with Crippen molar-refractivity contribution >= 4 is 0 Å². The third kappa shape index (κ3) is 1.78. The molecule has 0 N–H and O–H groups in total. The van der Waals surface area contributed by atoms with Crippen LogP contribution in [0.15, 0.2) is 4.52 Å². The average Bonchev–Trinajstić information content (AvgIpc) is 2.43. The smallest absolute Gasteiger partial charge is 0.257 e. The van der Waals surface area contributed by atoms with Gasteiger partial charge >= 0.3 is 0 Å². The van der Waals surface area contributed by atoms with E-state index in [2.05, 4.69) is 12.1 Å². The van der Waals surface area contributed by atoms with E-state index in [4.69, 9.17) is 9.26 Å². The molecule has 1 heterocycles. The Morgan fingerprint density at radius 1 is 1.50 bits per heavy atom. The van der Waals surface area contributed by atoms with Crippen LogP contribution in [0.2, 0.25) is 0 Å². The molecule has 1 aromatic heterocycles. The van der Waals surface area contributed by atoms with Gasteiger partial charge in [-0.3, -0.25) is 0 Å². The summed E-state index contributed by atoms with van der Waals surface area (Å²) in [5, 5.41) is 3.79. The van der Waals surface area contributed by atoms with Gasteiger partial charge < -0.3 is 9.26 Å². The minimum Gasteiger partial charge on any atom is -0.479 e. The quantitative estimate of drug-likeness (QED) is 0.693. The molecule has 0 aromatic carbocycles. The van der Waals surface area contributed by atoms with Gasteiger partial charge in [0, 0.05) is 6.42 Å². The predicted molar refractivity (Wildman–Crippen MR) is 46.4 cm³/mol. The molecular formula is C9H15NO2. The van der Waals surface area contributed by atoms with E-state index >= 15 is 0 Å². The number of hydrogen-bond acceptors (Lipinski definition) is 3. The van der Waals surface area contributed by atoms with E-state index in [9.17, 15) is 0 Å². The number of ether oxygens (including phenoxy) is 1. The summed E-state index contributed by atoms with van der Waals surface area (Å²) in [6.45, 7) is 4.13. The van der Waals surface area contributed by atoms with Crippen LogP contribution in [-0.4, -0.2) is 12.3 Å². The highest BCUT2D eigenvalue weighted by atomic mass is 16.5. The van der Waals surface area contributed by atoms with Gasteiger partial charge in [0.25, 0.3) is 5.88 Å². The molecule has 0 saturated carbocycles. The highest BCUT2D eigenvalue weighted by Crippen LogP contribution is 2.20. The fourth-order valence-corrected chi connectivity index (χ4v) is 1.11. The molecule has 0 aliphatic carbocycles. The van der Waals surface area contributed by atoms with Crippen LogP contribution in [0.4, 0.5) is 0 Å². The molecule has 0 atom stereocenters. The molecule has 0 unspecified atom stereocenters. The Kier molecular flexibility index (Phi) is 3.14. The third-order valence-electron chi connectivity index (χ3n) is 1.93. The van der Waals surface area contributed by atoms with Gasteiger partial charge in [0.2, 0.25) is 0 Å². The van der Waals surface area contributed by atoms with Crippen molar-refractivity contribution in [3.8, 4) is 5.88 Å². The Morgan fingerprint density at radius 2 is 2.25 bits per heavy atom. The van der Waals surface area contributed by atoms with Crippen molar-refractivity contribution in [2.75, 3.05) is 7.11 Å². The van der Waals surface area contributed by atoms with Gasteiger partial charge in [-0.05, 0) is 18.5 Å². The number of methoxy groups -OCH3 is 1. The van der Waals surface area contributed by atoms with Gasteiger partial charge in [-0.1, -0.05) is 13.3 Å². The molecule has 1 rings (SSSR count). The maximum Gasteiger partial charge on any atom is 0.257 e. The van der Waals surface area contributed by atoms with Gasteiger partial charge in [-0.2, -0.15) is 0 Å². The Hall–Kier alpha value is -0.990. The number of aromatic nitrogens is 1. The molecule has 0 fully saturated rings. The summed E-state index contributed by atoms with van der Waals surface area (Å²) in [7, 11) is 1.61. The first-order valence-corrected chi connectivity index (χ1v) is 4.28. The van der Waals surface area contributed by atoms with Crippen molar-refractivity contribution in [2.45, 2.75) is 33.1 Å². The lowest BCUT2D eigenvalue weighted by Crippen LogP contribution is -1.87. The lowest BCUT2D eigenvalue weighted by atomic mass is 10.1. The molecule has 0 spiro atoms. The zero-order valence-electron chi connectivity index (χ0n) is 7.89. The van der Waals surface area contributed by atoms with Gasteiger partial charge in [-0.15, -0.1) is 0 Å². The third-order valence-corrected chi connectivity index (χ3v) is 1.93. The second-order valence-corrected chi connectivity index (χ2v) is 2.84. The first-order valence-electron chi connectivity index (χ1n) is 4.28. The molecule has 0 saturated heterocycles. The van der Waals surface area contributed by atoms with Crippen molar-refractivity contribution < 1.29 is 9.26 Å². The summed E-state index contributed by atoms with van der Waals surface area (Å²) >= 11 is 0. The van der Waals surface area contributed by atoms with Crippen LogP contribution in [0.5, 0.6) is 5.88 Å². The lowest BCUT2D eigenvalue weighted by Gasteiger charge is -1.94. The van der Waals surface area contributed by atoms with Crippen molar-refractivity contribution in [3.05, 3.63) is 11.3 Å². The van der Waals surface area contributed by atoms with Crippen molar-refractivity contribution in [2.24, 2.45) is 0 Å². The van der Waals surface area contributed by atoms with E-state index in [1.807, 2.05) is 6.92 Å². The summed E-state index contributed by atoms with van der Waals surface area (Å²) in [5.74, 6) is 1.56. The van der Waals surface area contributed by atoms with Crippen LogP contribution in [0.1, 0.15) is 31.1 Å². The van der Waals surface area contributed by atoms with E-state index in [1.165, 1.54) is 6.42 Å². The Balaban J connectivity index is 2.66. The number of rotatable bonds is 4. The van der Waals surface area contributed by atoms with Crippen LogP contribution >= 0.6 is 0 Å². The van der Waals surface area contributed by atoms with E-state index in [1.54, 1.807) is 7.11 Å². The maximum atomic E-state index is 5.11. The van der Waals surface area contributed by atoms with Crippen LogP contribution in [0.3, 0.4) is 0 Å². The van der Waals surface area contributed by atoms with Gasteiger partial charge in [0.05, 0.1) is 12.7 Å². The second kappa shape index (κ2) is 4.14. The van der Waals surface area contributed by atoms with E-state index in [-0.39, 0.29) is 0 Å². The number of hydrogen-bond donors (Lipinski definition) is 0. The number of nitrogens with zero attached hydrogens (tertiary/aromatic N) is 1. The SMILES string of the molecule is CCCCc1onc(OC)c1C. The van der Waals surface area contributed by atoms with Crippen LogP contribution in [0.25, 0.3) is 0 Å². The van der Waals surface area contributed by atoms with Gasteiger partial charge in [-0.25, -0.2) is 0 Å². The average molecular weight is 169 g/mol. The van der Waals surface area contributed by atoms with Gasteiger partial charge in [0.1, 0.15) is 5.76 Å². The zero-order chi connectivity index (χ0) is 8.97. The molecule has 3 nitrogen and oxygen atoms in total. The minimum absolute atomic E-state index is 0.612. The van der Waals surface area contributed by atoms with Crippen molar-refractivity contribution in [1.29, 1.82) is 0 Å². The standard InChI is InChI=1S/C9H15NO2/c1-4-5-6-8-7(2)9(11-3)10-12-8/h4-6H2,1-3H3. The van der Waals surface area contributed by atoms with Gasteiger partial charge in [0.15, 0.2) is 0 Å². The molecule has 0 aliphatic heterocycles. The van der Waals surface area contributed by atoms with Crippen LogP contribution < -0.4 is 4.74 Å². The molecule has 0 aliphatic rings. The summed E-state index contributed by atoms with van der Waals surface area (Å²) in [5.41, 5.74) is 1.03. The van der Waals surface area contributed by atoms with Crippen LogP contribution in [-0.2, 0) is 6.42 Å². The molecular weight excluding hydrogens is 154 g/mol. The van der Waals surface area contributed by atoms with Crippen molar-refractivity contribution in [1.82, 2.24) is 5.16 Å². The molecule has 3 heteroatoms. The summed E-state index contributed by atoms with van der Waals surface area (Å²) in [6, 6.07) is 0. The topological polar surface area (TPSA) is 35.3 Å². The molecule has 12 heavy (non-hydrogen) atoms. The fourth-order valence-electron chi connectivity index (χ4n) is 1.11. The highest BCUT2D eigenvalue weighted by Gasteiger charge is 2.10. The molecule has 0 amide bonds. The van der Waals surface area contributed by atoms with E-state index in [0.717, 1.165) is 24.2 Å². The zero-order valence-corrected chi connectivity index (χ0v) is 7.89. The highest BCUT2D eigenvalue weighted by molar-refractivity contribution is 5.26. The van der Waals surface area contributed by atoms with E-state index < -0.39 is 0 Å². The van der Waals surface area contributed by atoms with Crippen LogP contribution in [0, 0.1) is 6.92 Å². The normalized spacial score (nSPS) is 10.2. The lowest BCUT2D eigenvalue weighted by molar-refractivity contribution is 0.325. The molecule has 68 valence electrons. The second-order valence-electron chi connectivity index (χ2n) is 2.84. The minimum atomic E-state index is 0.612. The molecule has 0 bridgehead atoms. The number of unbranched alkanes of at least 4 members (excludes halogenated alkanes) is 1. The molecule has 0 radical (unpaired) electrons. The van der Waals surface area contributed by atoms with E-state index in [0.29, 0.717) is 5.88 Å².